The molecule has 0 amide bonds. The number of alkyl halides is 3. The molecule has 38 heavy (non-hydrogen) atoms. The van der Waals surface area contributed by atoms with E-state index in [1.54, 1.807) is 0 Å². The lowest BCUT2D eigenvalue weighted by Gasteiger charge is -2.19. The number of fused-ring (bicyclic) bond motifs is 1. The van der Waals surface area contributed by atoms with Gasteiger partial charge in [-0.25, -0.2) is 8.42 Å². The van der Waals surface area contributed by atoms with E-state index in [1.807, 2.05) is 54.4 Å². The van der Waals surface area contributed by atoms with Gasteiger partial charge in [-0.05, 0) is 70.5 Å². The monoisotopic (exact) mass is 642 g/mol. The molecule has 1 aliphatic heterocycles. The third-order valence-electron chi connectivity index (χ3n) is 6.01. The van der Waals surface area contributed by atoms with Crippen LogP contribution < -0.4 is 9.46 Å². The summed E-state index contributed by atoms with van der Waals surface area (Å²) in [6.45, 7) is 1.21. The molecule has 1 aromatic heterocycles. The number of ether oxygens (including phenoxy) is 1. The Morgan fingerprint density at radius 1 is 1.08 bits per heavy atom. The van der Waals surface area contributed by atoms with Crippen LogP contribution in [-0.2, 0) is 16.2 Å². The molecular formula is C26H22BrF3N2O3S3. The maximum atomic E-state index is 13.6. The maximum absolute atomic E-state index is 13.6. The number of hydrogen-bond donors (Lipinski definition) is 1. The molecule has 1 aliphatic rings. The fraction of sp³-hybridized carbons (Fsp3) is 0.231. The first-order chi connectivity index (χ1) is 18.0. The lowest BCUT2D eigenvalue weighted by atomic mass is 10.1. The lowest BCUT2D eigenvalue weighted by molar-refractivity contribution is -0.139. The maximum Gasteiger partial charge on any atom is 0.419 e. The topological polar surface area (TPSA) is 58.6 Å². The van der Waals surface area contributed by atoms with Crippen molar-refractivity contribution in [3.63, 3.8) is 0 Å². The molecule has 0 bridgehead atoms. The largest absolute Gasteiger partial charge is 0.488 e. The van der Waals surface area contributed by atoms with Crippen LogP contribution in [0.2, 0.25) is 0 Å². The van der Waals surface area contributed by atoms with Crippen molar-refractivity contribution in [3.05, 3.63) is 76.8 Å². The number of anilines is 1. The van der Waals surface area contributed by atoms with Crippen molar-refractivity contribution in [2.24, 2.45) is 0 Å². The molecule has 1 fully saturated rings. The predicted octanol–water partition coefficient (Wildman–Crippen LogP) is 7.72. The van der Waals surface area contributed by atoms with Crippen LogP contribution in [0.1, 0.15) is 12.0 Å². The zero-order chi connectivity index (χ0) is 27.1. The number of thiophene rings is 1. The first-order valence-corrected chi connectivity index (χ1v) is 15.4. The van der Waals surface area contributed by atoms with Crippen molar-refractivity contribution in [2.45, 2.75) is 32.0 Å². The van der Waals surface area contributed by atoms with Crippen molar-refractivity contribution in [1.29, 1.82) is 0 Å². The number of nitrogens with one attached hydrogen (secondary N) is 1. The smallest absolute Gasteiger partial charge is 0.419 e. The number of hydrogen-bond acceptors (Lipinski definition) is 6. The molecule has 1 unspecified atom stereocenters. The van der Waals surface area contributed by atoms with Gasteiger partial charge < -0.3 is 9.64 Å². The molecule has 5 rings (SSSR count). The highest BCUT2D eigenvalue weighted by Gasteiger charge is 2.36. The highest BCUT2D eigenvalue weighted by Crippen LogP contribution is 2.43. The second kappa shape index (κ2) is 10.7. The van der Waals surface area contributed by atoms with Gasteiger partial charge in [-0.2, -0.15) is 13.2 Å². The van der Waals surface area contributed by atoms with Gasteiger partial charge in [0.25, 0.3) is 10.0 Å². The molecule has 4 aromatic rings. The fourth-order valence-electron chi connectivity index (χ4n) is 4.17. The third-order valence-corrected chi connectivity index (χ3v) is 11.3. The van der Waals surface area contributed by atoms with Crippen LogP contribution in [0.3, 0.4) is 0 Å². The van der Waals surface area contributed by atoms with Crippen molar-refractivity contribution < 1.29 is 26.3 Å². The minimum atomic E-state index is -4.63. The Morgan fingerprint density at radius 3 is 2.55 bits per heavy atom. The Bertz CT molecular complexity index is 1590. The second-order valence-corrected chi connectivity index (χ2v) is 14.1. The number of likely N-dealkylation sites (tertiary alicyclic amines) is 1. The molecular weight excluding hydrogens is 621 g/mol. The Hall–Kier alpha value is -2.25. The molecule has 2 heterocycles. The first kappa shape index (κ1) is 27.3. The number of benzene rings is 3. The van der Waals surface area contributed by atoms with Gasteiger partial charge in [0.1, 0.15) is 16.1 Å². The highest BCUT2D eigenvalue weighted by atomic mass is 79.9. The molecule has 1 saturated heterocycles. The molecule has 0 saturated carbocycles. The van der Waals surface area contributed by atoms with E-state index in [0.717, 1.165) is 49.4 Å². The van der Waals surface area contributed by atoms with Gasteiger partial charge in [0, 0.05) is 28.5 Å². The van der Waals surface area contributed by atoms with Gasteiger partial charge in [0.05, 0.1) is 15.5 Å². The number of likely N-dealkylation sites (N-methyl/N-ethyl adjacent to an activating group) is 1. The van der Waals surface area contributed by atoms with Crippen LogP contribution in [-0.4, -0.2) is 39.6 Å². The zero-order valence-corrected chi connectivity index (χ0v) is 24.0. The van der Waals surface area contributed by atoms with E-state index < -0.39 is 33.6 Å². The number of halogens is 4. The Labute approximate surface area is 235 Å². The van der Waals surface area contributed by atoms with Crippen molar-refractivity contribution in [3.8, 4) is 5.75 Å². The minimum Gasteiger partial charge on any atom is -0.488 e. The van der Waals surface area contributed by atoms with Crippen LogP contribution >= 0.6 is 39.0 Å². The summed E-state index contributed by atoms with van der Waals surface area (Å²) in [4.78, 5) is 2.91. The van der Waals surface area contributed by atoms with Crippen LogP contribution in [0.5, 0.6) is 5.75 Å². The lowest BCUT2D eigenvalue weighted by Crippen LogP contribution is -2.23. The van der Waals surface area contributed by atoms with Gasteiger partial charge in [-0.3, -0.25) is 4.72 Å². The predicted molar refractivity (Wildman–Crippen MR) is 149 cm³/mol. The van der Waals surface area contributed by atoms with Crippen molar-refractivity contribution >= 4 is 65.5 Å². The third kappa shape index (κ3) is 6.15. The second-order valence-electron chi connectivity index (χ2n) is 8.92. The van der Waals surface area contributed by atoms with Crippen LogP contribution in [0.4, 0.5) is 18.9 Å². The van der Waals surface area contributed by atoms with Gasteiger partial charge >= 0.3 is 6.18 Å². The molecule has 1 atom stereocenters. The summed E-state index contributed by atoms with van der Waals surface area (Å²) in [5.41, 5.74) is -0.949. The van der Waals surface area contributed by atoms with E-state index in [9.17, 15) is 21.6 Å². The molecule has 0 radical (unpaired) electrons. The molecule has 1 N–H and O–H groups in total. The first-order valence-electron chi connectivity index (χ1n) is 11.5. The van der Waals surface area contributed by atoms with E-state index in [-0.39, 0.29) is 9.90 Å². The highest BCUT2D eigenvalue weighted by molar-refractivity contribution is 9.10. The van der Waals surface area contributed by atoms with Crippen molar-refractivity contribution in [1.82, 2.24) is 4.90 Å². The van der Waals surface area contributed by atoms with Crippen LogP contribution in [0, 0.1) is 0 Å². The summed E-state index contributed by atoms with van der Waals surface area (Å²) in [5, 5.41) is 2.18. The van der Waals surface area contributed by atoms with Gasteiger partial charge in [0.2, 0.25) is 0 Å². The Kier molecular flexibility index (Phi) is 7.71. The van der Waals surface area contributed by atoms with Crippen LogP contribution in [0.25, 0.3) is 10.8 Å². The Morgan fingerprint density at radius 2 is 1.84 bits per heavy atom. The standard InChI is InChI=1S/C26H22BrF3N2O3S3/c1-32-11-10-19(15-32)35-23-13-18(7-9-21(23)26(28,29)30)31-38(33,34)24-14-22(27)25(37-24)36-20-8-6-16-4-2-3-5-17(16)12-20/h2-9,12-14,19,31H,10-11,15H2,1H3. The van der Waals surface area contributed by atoms with Gasteiger partial charge in [-0.1, -0.05) is 42.1 Å². The zero-order valence-electron chi connectivity index (χ0n) is 20.0. The summed E-state index contributed by atoms with van der Waals surface area (Å²) < 4.78 is 76.7. The fourth-order valence-corrected chi connectivity index (χ4v) is 8.90. The molecule has 0 spiro atoms. The summed E-state index contributed by atoms with van der Waals surface area (Å²) in [6, 6.07) is 18.5. The van der Waals surface area contributed by atoms with E-state index in [0.29, 0.717) is 24.0 Å². The van der Waals surface area contributed by atoms with E-state index in [1.165, 1.54) is 17.8 Å². The van der Waals surface area contributed by atoms with Gasteiger partial charge in [0.15, 0.2) is 0 Å². The molecule has 5 nitrogen and oxygen atoms in total. The number of nitrogens with zero attached hydrogens (tertiary/aromatic N) is 1. The quantitative estimate of drug-likeness (QED) is 0.224. The molecule has 200 valence electrons. The van der Waals surface area contributed by atoms with Crippen molar-refractivity contribution in [2.75, 3.05) is 24.9 Å². The van der Waals surface area contributed by atoms with E-state index >= 15 is 0 Å². The van der Waals surface area contributed by atoms with Gasteiger partial charge in [-0.15, -0.1) is 11.3 Å². The van der Waals surface area contributed by atoms with Crippen LogP contribution in [0.15, 0.2) is 84.5 Å². The normalized spacial score (nSPS) is 16.7. The number of sulfonamides is 1. The molecule has 0 aliphatic carbocycles. The average molecular weight is 644 g/mol. The average Bonchev–Trinajstić information content (AvgIpc) is 3.43. The van der Waals surface area contributed by atoms with E-state index in [2.05, 4.69) is 20.7 Å². The minimum absolute atomic E-state index is 0.00685. The summed E-state index contributed by atoms with van der Waals surface area (Å²) in [7, 11) is -2.20. The molecule has 12 heteroatoms. The SMILES string of the molecule is CN1CCC(Oc2cc(NS(=O)(=O)c3cc(Br)c(Sc4ccc5ccccc5c4)s3)ccc2C(F)(F)F)C1. The summed E-state index contributed by atoms with van der Waals surface area (Å²) >= 11 is 5.95. The number of rotatable bonds is 7. The molecule has 3 aromatic carbocycles. The summed E-state index contributed by atoms with van der Waals surface area (Å²) in [5.74, 6) is -0.391. The summed E-state index contributed by atoms with van der Waals surface area (Å²) in [6.07, 6.45) is -4.45. The Balaban J connectivity index is 1.38. The van der Waals surface area contributed by atoms with E-state index in [4.69, 9.17) is 4.74 Å².